The van der Waals surface area contributed by atoms with Crippen LogP contribution in [0.2, 0.25) is 0 Å². The molecule has 0 saturated carbocycles. The van der Waals surface area contributed by atoms with Gasteiger partial charge in [-0.2, -0.15) is 9.57 Å². The van der Waals surface area contributed by atoms with Crippen molar-refractivity contribution in [3.8, 4) is 6.07 Å². The molecule has 0 aliphatic rings. The highest BCUT2D eigenvalue weighted by atomic mass is 32.2. The highest BCUT2D eigenvalue weighted by Crippen LogP contribution is 2.25. The Kier molecular flexibility index (Phi) is 11.6. The summed E-state index contributed by atoms with van der Waals surface area (Å²) < 4.78 is 34.3. The molecule has 0 aliphatic carbocycles. The van der Waals surface area contributed by atoms with Crippen molar-refractivity contribution in [2.75, 3.05) is 33.7 Å². The third kappa shape index (κ3) is 8.87. The van der Waals surface area contributed by atoms with E-state index in [1.54, 1.807) is 31.1 Å². The van der Waals surface area contributed by atoms with Crippen molar-refractivity contribution in [3.05, 3.63) is 66.4 Å². The van der Waals surface area contributed by atoms with Crippen molar-refractivity contribution < 1.29 is 27.5 Å². The molecule has 0 spiro atoms. The molecule has 3 aromatic rings. The van der Waals surface area contributed by atoms with Crippen LogP contribution in [-0.2, 0) is 26.0 Å². The van der Waals surface area contributed by atoms with Crippen molar-refractivity contribution >= 4 is 32.8 Å². The first-order chi connectivity index (χ1) is 19.9. The third-order valence-electron chi connectivity index (χ3n) is 6.51. The molecule has 2 aromatic carbocycles. The average molecular weight is 598 g/mol. The lowest BCUT2D eigenvalue weighted by Crippen LogP contribution is -2.60. The van der Waals surface area contributed by atoms with Gasteiger partial charge < -0.3 is 14.4 Å². The van der Waals surface area contributed by atoms with Crippen molar-refractivity contribution in [3.63, 3.8) is 0 Å². The molecule has 0 fully saturated rings. The maximum atomic E-state index is 13.9. The first-order valence-electron chi connectivity index (χ1n) is 13.7. The highest BCUT2D eigenvalue weighted by Gasteiger charge is 2.36. The van der Waals surface area contributed by atoms with E-state index in [-0.39, 0.29) is 49.7 Å². The Bertz CT molecular complexity index is 1480. The van der Waals surface area contributed by atoms with Gasteiger partial charge in [0, 0.05) is 31.3 Å². The largest absolute Gasteiger partial charge is 0.464 e. The van der Waals surface area contributed by atoms with Crippen LogP contribution in [0.4, 0.5) is 0 Å². The number of benzene rings is 2. The molecule has 12 heteroatoms. The Morgan fingerprint density at radius 3 is 2.43 bits per heavy atom. The van der Waals surface area contributed by atoms with E-state index in [0.717, 1.165) is 10.6 Å². The van der Waals surface area contributed by atoms with Crippen LogP contribution in [-0.4, -0.2) is 85.4 Å². The van der Waals surface area contributed by atoms with Gasteiger partial charge in [-0.25, -0.2) is 13.4 Å². The number of carbonyl (C=O) groups is 2. The summed E-state index contributed by atoms with van der Waals surface area (Å²) in [4.78, 5) is 27.8. The maximum Gasteiger partial charge on any atom is 0.252 e. The van der Waals surface area contributed by atoms with Gasteiger partial charge in [0.15, 0.2) is 0 Å². The van der Waals surface area contributed by atoms with Crippen LogP contribution in [0.5, 0.6) is 0 Å². The topological polar surface area (TPSA) is 147 Å². The quantitative estimate of drug-likeness (QED) is 0.270. The zero-order chi connectivity index (χ0) is 30.9. The molecule has 0 bridgehead atoms. The number of sulfonamides is 1. The molecule has 42 heavy (non-hydrogen) atoms. The molecule has 2 amide bonds. The summed E-state index contributed by atoms with van der Waals surface area (Å²) in [6, 6.07) is 16.2. The first-order valence-corrected chi connectivity index (χ1v) is 15.2. The smallest absolute Gasteiger partial charge is 0.252 e. The normalized spacial score (nSPS) is 13.3. The van der Waals surface area contributed by atoms with Gasteiger partial charge in [0.1, 0.15) is 5.58 Å². The zero-order valence-corrected chi connectivity index (χ0v) is 25.3. The number of likely N-dealkylation sites (N-methyl/N-ethyl adjacent to an activating group) is 1. The van der Waals surface area contributed by atoms with Crippen LogP contribution in [0.3, 0.4) is 0 Å². The summed E-state index contributed by atoms with van der Waals surface area (Å²) in [5, 5.41) is 22.5. The van der Waals surface area contributed by atoms with E-state index in [1.165, 1.54) is 22.7 Å². The van der Waals surface area contributed by atoms with Crippen molar-refractivity contribution in [1.29, 1.82) is 5.26 Å². The van der Waals surface area contributed by atoms with Gasteiger partial charge in [-0.05, 0) is 56.3 Å². The van der Waals surface area contributed by atoms with Gasteiger partial charge in [0.25, 0.3) is 5.91 Å². The van der Waals surface area contributed by atoms with Gasteiger partial charge >= 0.3 is 0 Å². The summed E-state index contributed by atoms with van der Waals surface area (Å²) >= 11 is 0. The summed E-state index contributed by atoms with van der Waals surface area (Å²) in [6.45, 7) is 3.48. The van der Waals surface area contributed by atoms with E-state index in [1.807, 2.05) is 50.2 Å². The molecule has 2 N–H and O–H groups in total. The van der Waals surface area contributed by atoms with Crippen LogP contribution >= 0.6 is 0 Å². The Morgan fingerprint density at radius 1 is 1.07 bits per heavy atom. The molecule has 1 aromatic heterocycles. The van der Waals surface area contributed by atoms with Crippen LogP contribution in [0.15, 0.2) is 70.2 Å². The van der Waals surface area contributed by atoms with Gasteiger partial charge in [0.2, 0.25) is 15.9 Å². The van der Waals surface area contributed by atoms with E-state index < -0.39 is 34.0 Å². The number of hydrogen-bond acceptors (Lipinski definition) is 8. The maximum absolute atomic E-state index is 13.9. The second-order valence-corrected chi connectivity index (χ2v) is 12.8. The van der Waals surface area contributed by atoms with E-state index in [0.29, 0.717) is 11.0 Å². The molecular formula is C30H39N5O6S. The molecule has 1 unspecified atom stereocenters. The number of fused-ring (bicyclic) bond motifs is 1. The molecule has 0 aliphatic heterocycles. The number of nitrogens with zero attached hydrogens (tertiary/aromatic N) is 4. The number of furan rings is 1. The lowest BCUT2D eigenvalue weighted by atomic mass is 9.99. The fraction of sp³-hybridized carbons (Fsp3) is 0.433. The summed E-state index contributed by atoms with van der Waals surface area (Å²) in [5.74, 6) is -1.13. The number of nitrogens with one attached hydrogen (secondary N) is 1. The number of rotatable bonds is 14. The number of hydrogen-bond donors (Lipinski definition) is 2. The molecular weight excluding hydrogens is 558 g/mol. The lowest BCUT2D eigenvalue weighted by Gasteiger charge is -2.37. The predicted molar refractivity (Wildman–Crippen MR) is 158 cm³/mol. The summed E-state index contributed by atoms with van der Waals surface area (Å²) in [7, 11) is -0.672. The second-order valence-electron chi connectivity index (χ2n) is 10.9. The number of aliphatic hydroxyl groups excluding tert-OH is 1. The molecule has 0 saturated heterocycles. The highest BCUT2D eigenvalue weighted by molar-refractivity contribution is 7.89. The molecule has 0 radical (unpaired) electrons. The van der Waals surface area contributed by atoms with Crippen molar-refractivity contribution in [1.82, 2.24) is 19.6 Å². The lowest BCUT2D eigenvalue weighted by molar-refractivity contribution is -0.148. The second kappa shape index (κ2) is 14.9. The number of aliphatic hydroxyl groups is 1. The first kappa shape index (κ1) is 32.8. The fourth-order valence-corrected chi connectivity index (χ4v) is 6.25. The van der Waals surface area contributed by atoms with E-state index >= 15 is 0 Å². The van der Waals surface area contributed by atoms with Crippen molar-refractivity contribution in [2.45, 2.75) is 50.2 Å². The molecule has 226 valence electrons. The average Bonchev–Trinajstić information content (AvgIpc) is 3.41. The van der Waals surface area contributed by atoms with Gasteiger partial charge in [-0.3, -0.25) is 15.0 Å². The van der Waals surface area contributed by atoms with Crippen LogP contribution < -0.4 is 5.43 Å². The molecule has 1 heterocycles. The van der Waals surface area contributed by atoms with E-state index in [9.17, 15) is 23.1 Å². The van der Waals surface area contributed by atoms with Crippen LogP contribution in [0.25, 0.3) is 11.0 Å². The van der Waals surface area contributed by atoms with Crippen LogP contribution in [0.1, 0.15) is 32.3 Å². The standard InChI is InChI=1S/C30H39N5O6S/c1-22(2)19-34(42(39,40)25-12-13-28-24(18-25)14-16-41-28)20-27(36)26(17-23-9-6-5-7-10-23)35(30(38)11-8-15-31)32-29(37)21-33(3)4/h5-7,9-10,12-14,16,18,22,26-27,36H,8,11,17,19-21H2,1-4H3,(H,32,37)/t26?,27-/m1/s1. The van der Waals surface area contributed by atoms with Crippen molar-refractivity contribution in [2.24, 2.45) is 5.92 Å². The molecule has 11 nitrogen and oxygen atoms in total. The minimum atomic E-state index is -4.07. The monoisotopic (exact) mass is 597 g/mol. The third-order valence-corrected chi connectivity index (χ3v) is 8.34. The summed E-state index contributed by atoms with van der Waals surface area (Å²) in [6.07, 6.45) is -0.0682. The van der Waals surface area contributed by atoms with Gasteiger partial charge in [-0.15, -0.1) is 0 Å². The number of amides is 2. The molecule has 3 rings (SSSR count). The number of carbonyl (C=O) groups excluding carboxylic acids is 2. The Morgan fingerprint density at radius 2 is 1.79 bits per heavy atom. The number of nitriles is 1. The summed E-state index contributed by atoms with van der Waals surface area (Å²) in [5.41, 5.74) is 3.93. The minimum Gasteiger partial charge on any atom is -0.464 e. The molecule has 2 atom stereocenters. The van der Waals surface area contributed by atoms with E-state index in [2.05, 4.69) is 5.43 Å². The fourth-order valence-electron chi connectivity index (χ4n) is 4.59. The predicted octanol–water partition coefficient (Wildman–Crippen LogP) is 2.78. The number of hydrazine groups is 1. The Hall–Kier alpha value is -3.76. The van der Waals surface area contributed by atoms with Crippen LogP contribution in [0, 0.1) is 17.2 Å². The SMILES string of the molecule is CC(C)CN(C[C@@H](O)C(Cc1ccccc1)N(NC(=O)CN(C)C)C(=O)CCC#N)S(=O)(=O)c1ccc2occc2c1. The van der Waals surface area contributed by atoms with Gasteiger partial charge in [0.05, 0.1) is 35.9 Å². The van der Waals surface area contributed by atoms with E-state index in [4.69, 9.17) is 9.68 Å². The minimum absolute atomic E-state index is 0.0273. The Labute approximate surface area is 247 Å². The zero-order valence-electron chi connectivity index (χ0n) is 24.4. The Balaban J connectivity index is 2.01. The van der Waals surface area contributed by atoms with Gasteiger partial charge in [-0.1, -0.05) is 44.2 Å².